The number of rotatable bonds is 35. The quantitative estimate of drug-likeness (QED) is 0.0759. The molecule has 0 unspecified atom stereocenters. The van der Waals surface area contributed by atoms with Gasteiger partial charge in [0.25, 0.3) is 0 Å². The van der Waals surface area contributed by atoms with E-state index in [-0.39, 0.29) is 5.91 Å². The molecule has 0 aliphatic carbocycles. The summed E-state index contributed by atoms with van der Waals surface area (Å²) in [6.45, 7) is 11.0. The van der Waals surface area contributed by atoms with Gasteiger partial charge in [-0.2, -0.15) is 0 Å². The van der Waals surface area contributed by atoms with Crippen molar-refractivity contribution in [3.63, 3.8) is 0 Å². The maximum absolute atomic E-state index is 11.0. The van der Waals surface area contributed by atoms with Gasteiger partial charge >= 0.3 is 0 Å². The number of anilines is 1. The minimum absolute atomic E-state index is 0.0987. The second-order valence-corrected chi connectivity index (χ2v) is 11.3. The Balaban J connectivity index is 1.66. The molecule has 1 N–H and O–H groups in total. The van der Waals surface area contributed by atoms with E-state index in [1.807, 2.05) is 12.1 Å². The molecule has 0 radical (unpaired) electrons. The molecule has 0 aliphatic heterocycles. The van der Waals surface area contributed by atoms with Crippen molar-refractivity contribution in [2.75, 3.05) is 91.2 Å². The normalized spacial score (nSPS) is 11.2. The van der Waals surface area contributed by atoms with Crippen LogP contribution in [0.25, 0.3) is 0 Å². The van der Waals surface area contributed by atoms with Crippen LogP contribution in [0.1, 0.15) is 104 Å². The van der Waals surface area contributed by atoms with Crippen LogP contribution >= 0.6 is 0 Å². The van der Waals surface area contributed by atoms with Crippen molar-refractivity contribution in [2.24, 2.45) is 0 Å². The Labute approximate surface area is 274 Å². The van der Waals surface area contributed by atoms with Gasteiger partial charge in [0.05, 0.1) is 72.7 Å². The van der Waals surface area contributed by atoms with Crippen molar-refractivity contribution in [1.82, 2.24) is 0 Å². The summed E-state index contributed by atoms with van der Waals surface area (Å²) in [4.78, 5) is 11.0. The summed E-state index contributed by atoms with van der Waals surface area (Å²) in [5.41, 5.74) is 0.742. The van der Waals surface area contributed by atoms with Crippen LogP contribution in [-0.4, -0.2) is 91.8 Å². The first-order chi connectivity index (χ1) is 22.2. The maximum Gasteiger partial charge on any atom is 0.221 e. The Morgan fingerprint density at radius 2 is 0.800 bits per heavy atom. The van der Waals surface area contributed by atoms with E-state index < -0.39 is 0 Å². The number of hydrogen-bond acceptors (Lipinski definition) is 8. The van der Waals surface area contributed by atoms with E-state index in [2.05, 4.69) is 12.2 Å². The number of nitrogens with one attached hydrogen (secondary N) is 1. The molecular formula is C36H65NO8. The monoisotopic (exact) mass is 639 g/mol. The molecule has 1 aromatic carbocycles. The Morgan fingerprint density at radius 1 is 0.467 bits per heavy atom. The first-order valence-electron chi connectivity index (χ1n) is 17.7. The zero-order chi connectivity index (χ0) is 32.3. The van der Waals surface area contributed by atoms with E-state index in [0.717, 1.165) is 24.5 Å². The lowest BCUT2D eigenvalue weighted by Gasteiger charge is -2.09. The van der Waals surface area contributed by atoms with Gasteiger partial charge in [0.15, 0.2) is 0 Å². The third-order valence-electron chi connectivity index (χ3n) is 7.17. The standard InChI is InChI=1S/C36H65NO8/c1-3-4-5-6-7-8-9-10-11-12-13-14-15-16-21-39-22-23-40-24-25-41-26-27-42-28-29-43-30-31-44-32-33-45-36-19-17-35(18-20-36)37-34(2)38/h17-20H,3-16,21-33H2,1-2H3,(H,37,38). The molecule has 0 atom stereocenters. The predicted molar refractivity (Wildman–Crippen MR) is 181 cm³/mol. The zero-order valence-corrected chi connectivity index (χ0v) is 28.7. The topological polar surface area (TPSA) is 93.7 Å². The van der Waals surface area contributed by atoms with Crippen LogP contribution in [0.2, 0.25) is 0 Å². The second kappa shape index (κ2) is 33.6. The molecule has 0 saturated heterocycles. The number of hydrogen-bond donors (Lipinski definition) is 1. The van der Waals surface area contributed by atoms with Gasteiger partial charge in [-0.15, -0.1) is 0 Å². The summed E-state index contributed by atoms with van der Waals surface area (Å²) in [7, 11) is 0. The Bertz CT molecular complexity index is 749. The first kappa shape index (κ1) is 41.3. The Morgan fingerprint density at radius 3 is 1.18 bits per heavy atom. The summed E-state index contributed by atoms with van der Waals surface area (Å²) < 4.78 is 38.9. The molecule has 0 bridgehead atoms. The number of carbonyl (C=O) groups excluding carboxylic acids is 1. The van der Waals surface area contributed by atoms with Gasteiger partial charge in [-0.3, -0.25) is 4.79 Å². The van der Waals surface area contributed by atoms with Crippen LogP contribution in [0.4, 0.5) is 5.69 Å². The van der Waals surface area contributed by atoms with Crippen molar-refractivity contribution in [2.45, 2.75) is 104 Å². The van der Waals surface area contributed by atoms with Crippen LogP contribution in [0.15, 0.2) is 24.3 Å². The van der Waals surface area contributed by atoms with Gasteiger partial charge in [0.2, 0.25) is 5.91 Å². The van der Waals surface area contributed by atoms with Gasteiger partial charge < -0.3 is 38.5 Å². The Kier molecular flexibility index (Phi) is 30.8. The summed E-state index contributed by atoms with van der Waals surface area (Å²) >= 11 is 0. The van der Waals surface area contributed by atoms with Crippen LogP contribution in [0, 0.1) is 0 Å². The average Bonchev–Trinajstić information content (AvgIpc) is 3.04. The fourth-order valence-corrected chi connectivity index (χ4v) is 4.66. The molecule has 0 saturated carbocycles. The molecule has 0 heterocycles. The third kappa shape index (κ3) is 30.7. The average molecular weight is 640 g/mol. The molecule has 0 aliphatic rings. The zero-order valence-electron chi connectivity index (χ0n) is 28.7. The van der Waals surface area contributed by atoms with E-state index in [4.69, 9.17) is 33.2 Å². The molecule has 1 aromatic rings. The Hall–Kier alpha value is -1.75. The first-order valence-corrected chi connectivity index (χ1v) is 17.7. The van der Waals surface area contributed by atoms with Gasteiger partial charge in [0.1, 0.15) is 12.4 Å². The molecule has 1 rings (SSSR count). The van der Waals surface area contributed by atoms with Gasteiger partial charge in [-0.05, 0) is 30.7 Å². The smallest absolute Gasteiger partial charge is 0.221 e. The fraction of sp³-hybridized carbons (Fsp3) is 0.806. The number of ether oxygens (including phenoxy) is 7. The van der Waals surface area contributed by atoms with Crippen molar-refractivity contribution >= 4 is 11.6 Å². The molecule has 9 nitrogen and oxygen atoms in total. The molecular weight excluding hydrogens is 574 g/mol. The van der Waals surface area contributed by atoms with Crippen LogP contribution < -0.4 is 10.1 Å². The highest BCUT2D eigenvalue weighted by Gasteiger charge is 1.99. The summed E-state index contributed by atoms with van der Waals surface area (Å²) in [6, 6.07) is 7.22. The van der Waals surface area contributed by atoms with Crippen LogP contribution in [-0.2, 0) is 33.2 Å². The van der Waals surface area contributed by atoms with Crippen LogP contribution in [0.5, 0.6) is 5.75 Å². The molecule has 262 valence electrons. The summed E-state index contributed by atoms with van der Waals surface area (Å²) in [5, 5.41) is 2.72. The highest BCUT2D eigenvalue weighted by molar-refractivity contribution is 5.88. The van der Waals surface area contributed by atoms with E-state index >= 15 is 0 Å². The van der Waals surface area contributed by atoms with Crippen molar-refractivity contribution < 1.29 is 38.0 Å². The van der Waals surface area contributed by atoms with Gasteiger partial charge in [-0.1, -0.05) is 90.4 Å². The molecule has 0 fully saturated rings. The van der Waals surface area contributed by atoms with Crippen LogP contribution in [0.3, 0.4) is 0 Å². The van der Waals surface area contributed by atoms with E-state index in [9.17, 15) is 4.79 Å². The number of carbonyl (C=O) groups is 1. The van der Waals surface area contributed by atoms with Crippen molar-refractivity contribution in [1.29, 1.82) is 0 Å². The summed E-state index contributed by atoms with van der Waals surface area (Å²) in [6.07, 6.45) is 19.3. The minimum atomic E-state index is -0.0987. The molecule has 45 heavy (non-hydrogen) atoms. The number of unbranched alkanes of at least 4 members (excludes halogenated alkanes) is 13. The SMILES string of the molecule is CCCCCCCCCCCCCCCCOCCOCCOCCOCCOCCOCCOc1ccc(NC(C)=O)cc1. The van der Waals surface area contributed by atoms with Crippen molar-refractivity contribution in [3.8, 4) is 5.75 Å². The molecule has 0 aromatic heterocycles. The maximum atomic E-state index is 11.0. The highest BCUT2D eigenvalue weighted by atomic mass is 16.6. The minimum Gasteiger partial charge on any atom is -0.491 e. The van der Waals surface area contributed by atoms with E-state index in [1.165, 1.54) is 90.4 Å². The molecule has 9 heteroatoms. The lowest BCUT2D eigenvalue weighted by molar-refractivity contribution is -0.114. The predicted octanol–water partition coefficient (Wildman–Crippen LogP) is 7.60. The van der Waals surface area contributed by atoms with Gasteiger partial charge in [-0.25, -0.2) is 0 Å². The van der Waals surface area contributed by atoms with Gasteiger partial charge in [0, 0.05) is 19.2 Å². The fourth-order valence-electron chi connectivity index (χ4n) is 4.66. The second-order valence-electron chi connectivity index (χ2n) is 11.3. The summed E-state index contributed by atoms with van der Waals surface area (Å²) in [5.74, 6) is 0.631. The third-order valence-corrected chi connectivity index (χ3v) is 7.17. The van der Waals surface area contributed by atoms with E-state index in [0.29, 0.717) is 79.3 Å². The lowest BCUT2D eigenvalue weighted by atomic mass is 10.0. The van der Waals surface area contributed by atoms with E-state index in [1.54, 1.807) is 12.1 Å². The number of amides is 1. The highest BCUT2D eigenvalue weighted by Crippen LogP contribution is 2.15. The molecule has 0 spiro atoms. The number of benzene rings is 1. The largest absolute Gasteiger partial charge is 0.491 e. The van der Waals surface area contributed by atoms with Crippen molar-refractivity contribution in [3.05, 3.63) is 24.3 Å². The molecule has 1 amide bonds. The lowest BCUT2D eigenvalue weighted by Crippen LogP contribution is -2.14.